The normalized spacial score (nSPS) is 12.7. The van der Waals surface area contributed by atoms with Gasteiger partial charge in [0.25, 0.3) is 0 Å². The van der Waals surface area contributed by atoms with Crippen molar-refractivity contribution in [2.45, 2.75) is 19.4 Å². The lowest BCUT2D eigenvalue weighted by atomic mass is 10.1. The molecule has 0 aliphatic carbocycles. The first-order valence-corrected chi connectivity index (χ1v) is 8.87. The van der Waals surface area contributed by atoms with Gasteiger partial charge in [-0.1, -0.05) is 36.4 Å². The number of aliphatic hydroxyl groups is 1. The Morgan fingerprint density at radius 3 is 2.82 bits per heavy atom. The molecule has 1 atom stereocenters. The fraction of sp³-hybridized carbons (Fsp3) is 0.471. The molecule has 1 aromatic carbocycles. The summed E-state index contributed by atoms with van der Waals surface area (Å²) in [4.78, 5) is 4.50. The number of aliphatic imine (C=N–C) groups is 1. The third-order valence-electron chi connectivity index (χ3n) is 2.98. The number of hydrogen-bond donors (Lipinski definition) is 3. The Bertz CT molecular complexity index is 437. The van der Waals surface area contributed by atoms with Gasteiger partial charge < -0.3 is 15.7 Å². The van der Waals surface area contributed by atoms with Gasteiger partial charge in [-0.15, -0.1) is 6.58 Å². The van der Waals surface area contributed by atoms with E-state index in [2.05, 4.69) is 22.2 Å². The molecule has 1 aromatic rings. The summed E-state index contributed by atoms with van der Waals surface area (Å²) < 4.78 is 0. The third kappa shape index (κ3) is 8.10. The highest BCUT2D eigenvalue weighted by atomic mass is 32.2. The molecular formula is C17H27N3OS. The van der Waals surface area contributed by atoms with Crippen molar-refractivity contribution in [1.82, 2.24) is 10.6 Å². The molecule has 4 nitrogen and oxygen atoms in total. The summed E-state index contributed by atoms with van der Waals surface area (Å²) in [6.45, 7) is 8.03. The van der Waals surface area contributed by atoms with E-state index in [1.807, 2.05) is 55.1 Å². The highest BCUT2D eigenvalue weighted by molar-refractivity contribution is 7.99. The fourth-order valence-electron chi connectivity index (χ4n) is 1.89. The molecule has 0 amide bonds. The number of aliphatic hydroxyl groups excluding tert-OH is 1. The Labute approximate surface area is 138 Å². The molecule has 0 heterocycles. The molecule has 5 heteroatoms. The standard InChI is InChI=1S/C17H27N3OS/c1-3-13-22-14-12-20-17(18-4-2)19-11-10-16(21)15-8-6-5-7-9-15/h3,5-9,16,21H,1,4,10-14H2,2H3,(H2,18,19,20). The van der Waals surface area contributed by atoms with Crippen LogP contribution >= 0.6 is 11.8 Å². The zero-order chi connectivity index (χ0) is 16.0. The Balaban J connectivity index is 2.33. The van der Waals surface area contributed by atoms with Crippen LogP contribution in [0, 0.1) is 0 Å². The SMILES string of the molecule is C=CCSCCNC(=NCCC(O)c1ccccc1)NCC. The van der Waals surface area contributed by atoms with Crippen LogP contribution in [-0.2, 0) is 0 Å². The average Bonchev–Trinajstić information content (AvgIpc) is 2.55. The molecule has 0 aliphatic heterocycles. The van der Waals surface area contributed by atoms with Crippen LogP contribution in [0.1, 0.15) is 25.0 Å². The number of guanidine groups is 1. The van der Waals surface area contributed by atoms with E-state index in [1.54, 1.807) is 0 Å². The summed E-state index contributed by atoms with van der Waals surface area (Å²) in [5, 5.41) is 16.6. The topological polar surface area (TPSA) is 56.7 Å². The van der Waals surface area contributed by atoms with E-state index < -0.39 is 6.10 Å². The lowest BCUT2D eigenvalue weighted by Gasteiger charge is -2.12. The van der Waals surface area contributed by atoms with E-state index in [0.29, 0.717) is 13.0 Å². The Morgan fingerprint density at radius 1 is 1.36 bits per heavy atom. The van der Waals surface area contributed by atoms with Crippen LogP contribution in [0.5, 0.6) is 0 Å². The molecule has 0 fully saturated rings. The summed E-state index contributed by atoms with van der Waals surface area (Å²) in [5.41, 5.74) is 0.941. The van der Waals surface area contributed by atoms with Crippen molar-refractivity contribution in [3.05, 3.63) is 48.6 Å². The molecule has 22 heavy (non-hydrogen) atoms. The average molecular weight is 321 g/mol. The van der Waals surface area contributed by atoms with Crippen LogP contribution in [0.4, 0.5) is 0 Å². The number of nitrogens with zero attached hydrogens (tertiary/aromatic N) is 1. The van der Waals surface area contributed by atoms with Crippen molar-refractivity contribution in [3.63, 3.8) is 0 Å². The van der Waals surface area contributed by atoms with Crippen LogP contribution < -0.4 is 10.6 Å². The van der Waals surface area contributed by atoms with Gasteiger partial charge in [0.05, 0.1) is 6.10 Å². The molecule has 3 N–H and O–H groups in total. The van der Waals surface area contributed by atoms with Crippen LogP contribution in [0.15, 0.2) is 48.0 Å². The van der Waals surface area contributed by atoms with Gasteiger partial charge in [-0.3, -0.25) is 4.99 Å². The van der Waals surface area contributed by atoms with E-state index in [0.717, 1.165) is 36.1 Å². The smallest absolute Gasteiger partial charge is 0.191 e. The Kier molecular flexibility index (Phi) is 10.2. The second kappa shape index (κ2) is 12.1. The molecule has 0 aliphatic rings. The largest absolute Gasteiger partial charge is 0.388 e. The number of nitrogens with one attached hydrogen (secondary N) is 2. The number of thioether (sulfide) groups is 1. The molecule has 0 saturated carbocycles. The predicted molar refractivity (Wildman–Crippen MR) is 97.5 cm³/mol. The molecule has 0 spiro atoms. The summed E-state index contributed by atoms with van der Waals surface area (Å²) in [5.74, 6) is 2.80. The van der Waals surface area contributed by atoms with Gasteiger partial charge in [0.2, 0.25) is 0 Å². The van der Waals surface area contributed by atoms with Crippen LogP contribution in [0.3, 0.4) is 0 Å². The quantitative estimate of drug-likeness (QED) is 0.268. The zero-order valence-corrected chi connectivity index (χ0v) is 14.1. The number of rotatable bonds is 10. The van der Waals surface area contributed by atoms with Gasteiger partial charge >= 0.3 is 0 Å². The first kappa shape index (κ1) is 18.6. The molecular weight excluding hydrogens is 294 g/mol. The minimum absolute atomic E-state index is 0.462. The molecule has 0 bridgehead atoms. The highest BCUT2D eigenvalue weighted by Crippen LogP contribution is 2.15. The fourth-order valence-corrected chi connectivity index (χ4v) is 2.47. The minimum atomic E-state index is -0.462. The van der Waals surface area contributed by atoms with Gasteiger partial charge in [-0.2, -0.15) is 11.8 Å². The first-order chi connectivity index (χ1) is 10.8. The number of hydrogen-bond acceptors (Lipinski definition) is 3. The molecule has 0 aromatic heterocycles. The maximum absolute atomic E-state index is 10.1. The summed E-state index contributed by atoms with van der Waals surface area (Å²) in [6, 6.07) is 9.71. The van der Waals surface area contributed by atoms with Gasteiger partial charge in [-0.25, -0.2) is 0 Å². The van der Waals surface area contributed by atoms with Crippen molar-refractivity contribution >= 4 is 17.7 Å². The van der Waals surface area contributed by atoms with Crippen molar-refractivity contribution in [2.24, 2.45) is 4.99 Å². The van der Waals surface area contributed by atoms with Crippen LogP contribution in [-0.4, -0.2) is 42.2 Å². The Morgan fingerprint density at radius 2 is 2.14 bits per heavy atom. The lowest BCUT2D eigenvalue weighted by Crippen LogP contribution is -2.38. The molecule has 1 unspecified atom stereocenters. The van der Waals surface area contributed by atoms with Gasteiger partial charge in [0.15, 0.2) is 5.96 Å². The predicted octanol–water partition coefficient (Wildman–Crippen LogP) is 2.58. The van der Waals surface area contributed by atoms with E-state index in [-0.39, 0.29) is 0 Å². The van der Waals surface area contributed by atoms with E-state index in [4.69, 9.17) is 0 Å². The maximum atomic E-state index is 10.1. The molecule has 0 radical (unpaired) electrons. The second-order valence-corrected chi connectivity index (χ2v) is 5.92. The van der Waals surface area contributed by atoms with Gasteiger partial charge in [-0.05, 0) is 18.9 Å². The highest BCUT2D eigenvalue weighted by Gasteiger charge is 2.06. The zero-order valence-electron chi connectivity index (χ0n) is 13.3. The summed E-state index contributed by atoms with van der Waals surface area (Å²) in [6.07, 6.45) is 2.07. The van der Waals surface area contributed by atoms with E-state index >= 15 is 0 Å². The molecule has 1 rings (SSSR count). The van der Waals surface area contributed by atoms with Crippen LogP contribution in [0.25, 0.3) is 0 Å². The minimum Gasteiger partial charge on any atom is -0.388 e. The van der Waals surface area contributed by atoms with Crippen molar-refractivity contribution in [2.75, 3.05) is 31.1 Å². The van der Waals surface area contributed by atoms with Crippen molar-refractivity contribution in [1.29, 1.82) is 0 Å². The maximum Gasteiger partial charge on any atom is 0.191 e. The van der Waals surface area contributed by atoms with Crippen molar-refractivity contribution in [3.8, 4) is 0 Å². The third-order valence-corrected chi connectivity index (χ3v) is 3.94. The molecule has 122 valence electrons. The first-order valence-electron chi connectivity index (χ1n) is 7.71. The number of benzene rings is 1. The van der Waals surface area contributed by atoms with Crippen molar-refractivity contribution < 1.29 is 5.11 Å². The van der Waals surface area contributed by atoms with Crippen LogP contribution in [0.2, 0.25) is 0 Å². The summed E-state index contributed by atoms with van der Waals surface area (Å²) >= 11 is 1.84. The Hall–Kier alpha value is -1.46. The van der Waals surface area contributed by atoms with E-state index in [9.17, 15) is 5.11 Å². The van der Waals surface area contributed by atoms with Gasteiger partial charge in [0, 0.05) is 31.1 Å². The second-order valence-electron chi connectivity index (χ2n) is 4.77. The van der Waals surface area contributed by atoms with E-state index in [1.165, 1.54) is 0 Å². The molecule has 0 saturated heterocycles. The summed E-state index contributed by atoms with van der Waals surface area (Å²) in [7, 11) is 0. The lowest BCUT2D eigenvalue weighted by molar-refractivity contribution is 0.170. The monoisotopic (exact) mass is 321 g/mol. The van der Waals surface area contributed by atoms with Gasteiger partial charge in [0.1, 0.15) is 0 Å².